The molecule has 0 unspecified atom stereocenters. The van der Waals surface area contributed by atoms with Crippen molar-refractivity contribution in [1.82, 2.24) is 9.78 Å². The van der Waals surface area contributed by atoms with E-state index in [1.165, 1.54) is 16.3 Å². The van der Waals surface area contributed by atoms with Crippen LogP contribution in [0.4, 0.5) is 5.69 Å². The van der Waals surface area contributed by atoms with Crippen LogP contribution >= 0.6 is 11.8 Å². The summed E-state index contributed by atoms with van der Waals surface area (Å²) in [5, 5.41) is 8.99. The Kier molecular flexibility index (Phi) is 4.31. The number of anilines is 1. The second-order valence-electron chi connectivity index (χ2n) is 4.39. The van der Waals surface area contributed by atoms with Gasteiger partial charge in [-0.1, -0.05) is 12.1 Å². The molecule has 1 aromatic heterocycles. The molecule has 0 atom stereocenters. The molecule has 0 aliphatic heterocycles. The summed E-state index contributed by atoms with van der Waals surface area (Å²) in [5.74, 6) is 1.03. The first kappa shape index (κ1) is 13.0. The molecule has 96 valence electrons. The Hall–Kier alpha value is -1.42. The molecule has 0 saturated heterocycles. The zero-order valence-electron chi connectivity index (χ0n) is 11.1. The summed E-state index contributed by atoms with van der Waals surface area (Å²) in [5.41, 5.74) is 3.55. The van der Waals surface area contributed by atoms with Crippen LogP contribution in [0.5, 0.6) is 0 Å². The Labute approximate surface area is 113 Å². The summed E-state index contributed by atoms with van der Waals surface area (Å²) >= 11 is 1.83. The number of hydrogen-bond donors (Lipinski definition) is 1. The van der Waals surface area contributed by atoms with Gasteiger partial charge in [-0.25, -0.2) is 0 Å². The van der Waals surface area contributed by atoms with Gasteiger partial charge in [0, 0.05) is 25.0 Å². The lowest BCUT2D eigenvalue weighted by molar-refractivity contribution is 0.692. The van der Waals surface area contributed by atoms with Gasteiger partial charge in [-0.2, -0.15) is 5.10 Å². The molecular weight excluding hydrogens is 242 g/mol. The van der Waals surface area contributed by atoms with Crippen LogP contribution in [0.2, 0.25) is 0 Å². The number of benzene rings is 1. The van der Waals surface area contributed by atoms with Gasteiger partial charge in [-0.3, -0.25) is 4.68 Å². The third kappa shape index (κ3) is 3.53. The minimum atomic E-state index is 0.957. The highest BCUT2D eigenvalue weighted by molar-refractivity contribution is 7.99. The van der Waals surface area contributed by atoms with Gasteiger partial charge in [0.2, 0.25) is 0 Å². The second-order valence-corrected chi connectivity index (χ2v) is 5.51. The summed E-state index contributed by atoms with van der Waals surface area (Å²) in [6.07, 6.45) is 0. The third-order valence-electron chi connectivity index (χ3n) is 2.66. The smallest absolute Gasteiger partial charge is 0.0939 e. The van der Waals surface area contributed by atoms with Crippen LogP contribution in [0.15, 0.2) is 35.4 Å². The van der Waals surface area contributed by atoms with E-state index in [4.69, 9.17) is 0 Å². The van der Waals surface area contributed by atoms with Crippen LogP contribution < -0.4 is 5.32 Å². The number of rotatable bonds is 5. The van der Waals surface area contributed by atoms with Crippen LogP contribution in [0.25, 0.3) is 0 Å². The van der Waals surface area contributed by atoms with Crippen molar-refractivity contribution in [2.75, 3.05) is 17.6 Å². The van der Waals surface area contributed by atoms with Gasteiger partial charge in [-0.05, 0) is 37.6 Å². The molecule has 2 rings (SSSR count). The molecule has 0 fully saturated rings. The monoisotopic (exact) mass is 261 g/mol. The molecule has 0 bridgehead atoms. The molecule has 3 nitrogen and oxygen atoms in total. The maximum absolute atomic E-state index is 4.33. The maximum atomic E-state index is 4.33. The SMILES string of the molecule is Cc1cccc(NCCSc2cc(C)nn2C)c1. The summed E-state index contributed by atoms with van der Waals surface area (Å²) in [6, 6.07) is 10.6. The molecule has 18 heavy (non-hydrogen) atoms. The first-order chi connectivity index (χ1) is 8.65. The van der Waals surface area contributed by atoms with Crippen LogP contribution in [0.3, 0.4) is 0 Å². The van der Waals surface area contributed by atoms with Crippen LogP contribution in [-0.4, -0.2) is 22.1 Å². The quantitative estimate of drug-likeness (QED) is 0.662. The van der Waals surface area contributed by atoms with E-state index in [1.807, 2.05) is 30.4 Å². The predicted octanol–water partition coefficient (Wildman–Crippen LogP) is 3.24. The van der Waals surface area contributed by atoms with E-state index in [0.29, 0.717) is 0 Å². The molecular formula is C14H19N3S. The summed E-state index contributed by atoms with van der Waals surface area (Å²) < 4.78 is 1.94. The molecule has 1 heterocycles. The Bertz CT molecular complexity index is 520. The Morgan fingerprint density at radius 1 is 1.28 bits per heavy atom. The largest absolute Gasteiger partial charge is 0.384 e. The summed E-state index contributed by atoms with van der Waals surface area (Å²) in [7, 11) is 1.99. The van der Waals surface area contributed by atoms with E-state index in [9.17, 15) is 0 Å². The van der Waals surface area contributed by atoms with E-state index in [1.54, 1.807) is 0 Å². The number of aromatic nitrogens is 2. The average molecular weight is 261 g/mol. The van der Waals surface area contributed by atoms with Crippen LogP contribution in [-0.2, 0) is 7.05 Å². The Balaban J connectivity index is 1.78. The fourth-order valence-electron chi connectivity index (χ4n) is 1.83. The highest BCUT2D eigenvalue weighted by Crippen LogP contribution is 2.18. The molecule has 0 aliphatic carbocycles. The first-order valence-electron chi connectivity index (χ1n) is 6.09. The topological polar surface area (TPSA) is 29.9 Å². The lowest BCUT2D eigenvalue weighted by Gasteiger charge is -2.06. The summed E-state index contributed by atoms with van der Waals surface area (Å²) in [4.78, 5) is 0. The molecule has 4 heteroatoms. The van der Waals surface area contributed by atoms with Crippen molar-refractivity contribution >= 4 is 17.4 Å². The number of aryl methyl sites for hydroxylation is 3. The number of thioether (sulfide) groups is 1. The van der Waals surface area contributed by atoms with E-state index in [2.05, 4.69) is 47.7 Å². The van der Waals surface area contributed by atoms with E-state index >= 15 is 0 Å². The summed E-state index contributed by atoms with van der Waals surface area (Å²) in [6.45, 7) is 5.09. The van der Waals surface area contributed by atoms with Crippen molar-refractivity contribution in [3.63, 3.8) is 0 Å². The van der Waals surface area contributed by atoms with E-state index in [0.717, 1.165) is 18.0 Å². The maximum Gasteiger partial charge on any atom is 0.0939 e. The van der Waals surface area contributed by atoms with E-state index in [-0.39, 0.29) is 0 Å². The highest BCUT2D eigenvalue weighted by Gasteiger charge is 2.01. The van der Waals surface area contributed by atoms with Gasteiger partial charge in [0.15, 0.2) is 0 Å². The van der Waals surface area contributed by atoms with Crippen molar-refractivity contribution in [3.05, 3.63) is 41.6 Å². The van der Waals surface area contributed by atoms with Crippen molar-refractivity contribution in [1.29, 1.82) is 0 Å². The van der Waals surface area contributed by atoms with Crippen LogP contribution in [0.1, 0.15) is 11.3 Å². The lowest BCUT2D eigenvalue weighted by Crippen LogP contribution is -2.04. The fraction of sp³-hybridized carbons (Fsp3) is 0.357. The molecule has 0 aliphatic rings. The normalized spacial score (nSPS) is 10.6. The van der Waals surface area contributed by atoms with Gasteiger partial charge < -0.3 is 5.32 Å². The van der Waals surface area contributed by atoms with Gasteiger partial charge in [0.25, 0.3) is 0 Å². The van der Waals surface area contributed by atoms with Crippen LogP contribution in [0, 0.1) is 13.8 Å². The molecule has 0 radical (unpaired) electrons. The Morgan fingerprint density at radius 3 is 2.78 bits per heavy atom. The zero-order valence-corrected chi connectivity index (χ0v) is 11.9. The fourth-order valence-corrected chi connectivity index (χ4v) is 2.72. The molecule has 0 spiro atoms. The van der Waals surface area contributed by atoms with Crippen molar-refractivity contribution < 1.29 is 0 Å². The molecule has 0 saturated carbocycles. The Morgan fingerprint density at radius 2 is 2.11 bits per heavy atom. The van der Waals surface area contributed by atoms with Gasteiger partial charge in [0.05, 0.1) is 10.7 Å². The van der Waals surface area contributed by atoms with Crippen molar-refractivity contribution in [2.24, 2.45) is 7.05 Å². The van der Waals surface area contributed by atoms with Crippen molar-refractivity contribution in [2.45, 2.75) is 18.9 Å². The molecule has 2 aromatic rings. The predicted molar refractivity (Wildman–Crippen MR) is 78.3 cm³/mol. The third-order valence-corrected chi connectivity index (χ3v) is 3.74. The number of hydrogen-bond acceptors (Lipinski definition) is 3. The zero-order chi connectivity index (χ0) is 13.0. The molecule has 1 N–H and O–H groups in total. The first-order valence-corrected chi connectivity index (χ1v) is 7.08. The minimum absolute atomic E-state index is 0.957. The number of nitrogens with one attached hydrogen (secondary N) is 1. The van der Waals surface area contributed by atoms with Gasteiger partial charge >= 0.3 is 0 Å². The van der Waals surface area contributed by atoms with Gasteiger partial charge in [0.1, 0.15) is 0 Å². The number of nitrogens with zero attached hydrogens (tertiary/aromatic N) is 2. The highest BCUT2D eigenvalue weighted by atomic mass is 32.2. The molecule has 0 amide bonds. The molecule has 1 aromatic carbocycles. The standard InChI is InChI=1S/C14H19N3S/c1-11-5-4-6-13(9-11)15-7-8-18-14-10-12(2)16-17(14)3/h4-6,9-10,15H,7-8H2,1-3H3. The van der Waals surface area contributed by atoms with Crippen molar-refractivity contribution in [3.8, 4) is 0 Å². The second kappa shape index (κ2) is 5.96. The minimum Gasteiger partial charge on any atom is -0.384 e. The van der Waals surface area contributed by atoms with Gasteiger partial charge in [-0.15, -0.1) is 11.8 Å². The average Bonchev–Trinajstić information content (AvgIpc) is 2.64. The van der Waals surface area contributed by atoms with E-state index < -0.39 is 0 Å². The lowest BCUT2D eigenvalue weighted by atomic mass is 10.2.